The van der Waals surface area contributed by atoms with Crippen molar-refractivity contribution in [3.05, 3.63) is 41.5 Å². The van der Waals surface area contributed by atoms with Gasteiger partial charge in [0.05, 0.1) is 0 Å². The molecule has 0 radical (unpaired) electrons. The second-order valence-electron chi connectivity index (χ2n) is 5.40. The molecule has 0 saturated heterocycles. The smallest absolute Gasteiger partial charge is 0.261 e. The van der Waals surface area contributed by atoms with E-state index in [2.05, 4.69) is 11.4 Å². The van der Waals surface area contributed by atoms with Gasteiger partial charge in [0.15, 0.2) is 6.10 Å². The molecule has 1 N–H and O–H groups in total. The van der Waals surface area contributed by atoms with Crippen molar-refractivity contribution in [3.8, 4) is 5.75 Å². The molecule has 1 aliphatic rings. The first-order chi connectivity index (χ1) is 9.65. The minimum Gasteiger partial charge on any atom is -0.481 e. The van der Waals surface area contributed by atoms with Crippen molar-refractivity contribution in [1.82, 2.24) is 5.32 Å². The summed E-state index contributed by atoms with van der Waals surface area (Å²) in [5.41, 5.74) is 2.47. The lowest BCUT2D eigenvalue weighted by Gasteiger charge is -2.17. The summed E-state index contributed by atoms with van der Waals surface area (Å²) in [7, 11) is 0. The van der Waals surface area contributed by atoms with Gasteiger partial charge in [-0.2, -0.15) is 0 Å². The number of amides is 1. The van der Waals surface area contributed by atoms with Gasteiger partial charge in [0.2, 0.25) is 0 Å². The molecular weight excluding hydrogens is 250 g/mol. The van der Waals surface area contributed by atoms with Crippen LogP contribution in [0.3, 0.4) is 0 Å². The van der Waals surface area contributed by atoms with Crippen LogP contribution in [-0.4, -0.2) is 18.6 Å². The Kier molecular flexibility index (Phi) is 5.22. The Balaban J connectivity index is 1.81. The highest BCUT2D eigenvalue weighted by Crippen LogP contribution is 2.17. The highest BCUT2D eigenvalue weighted by atomic mass is 16.5. The summed E-state index contributed by atoms with van der Waals surface area (Å²) in [5, 5.41) is 2.95. The lowest BCUT2D eigenvalue weighted by atomic mass is 10.00. The first-order valence-electron chi connectivity index (χ1n) is 7.34. The van der Waals surface area contributed by atoms with E-state index in [1.807, 2.05) is 31.2 Å². The molecule has 1 unspecified atom stereocenters. The number of rotatable bonds is 5. The number of allylic oxidation sites excluding steroid dienone is 1. The van der Waals surface area contributed by atoms with Crippen molar-refractivity contribution in [3.63, 3.8) is 0 Å². The van der Waals surface area contributed by atoms with Gasteiger partial charge in [0, 0.05) is 6.54 Å². The van der Waals surface area contributed by atoms with Gasteiger partial charge >= 0.3 is 0 Å². The number of carbonyl (C=O) groups is 1. The molecule has 3 nitrogen and oxygen atoms in total. The summed E-state index contributed by atoms with van der Waals surface area (Å²) >= 11 is 0. The molecule has 1 aromatic rings. The fourth-order valence-electron chi connectivity index (χ4n) is 2.36. The number of nitrogens with one attached hydrogen (secondary N) is 1. The van der Waals surface area contributed by atoms with E-state index in [-0.39, 0.29) is 5.91 Å². The van der Waals surface area contributed by atoms with E-state index >= 15 is 0 Å². The van der Waals surface area contributed by atoms with Crippen molar-refractivity contribution in [2.24, 2.45) is 0 Å². The molecule has 1 aliphatic carbocycles. The molecule has 1 amide bonds. The Bertz CT molecular complexity index is 494. The van der Waals surface area contributed by atoms with Crippen LogP contribution in [0.1, 0.15) is 38.2 Å². The molecular formula is C17H23NO2. The summed E-state index contributed by atoms with van der Waals surface area (Å²) in [5.74, 6) is 0.683. The molecule has 2 rings (SSSR count). The summed E-state index contributed by atoms with van der Waals surface area (Å²) in [6, 6.07) is 7.75. The third kappa shape index (κ3) is 4.41. The molecule has 1 aromatic carbocycles. The molecule has 0 saturated carbocycles. The fraction of sp³-hybridized carbons (Fsp3) is 0.471. The Morgan fingerprint density at radius 1 is 1.40 bits per heavy atom. The summed E-state index contributed by atoms with van der Waals surface area (Å²) in [4.78, 5) is 12.0. The summed E-state index contributed by atoms with van der Waals surface area (Å²) in [6.45, 7) is 4.44. The third-order valence-corrected chi connectivity index (χ3v) is 3.55. The topological polar surface area (TPSA) is 38.3 Å². The van der Waals surface area contributed by atoms with E-state index in [4.69, 9.17) is 4.74 Å². The van der Waals surface area contributed by atoms with E-state index < -0.39 is 6.10 Å². The zero-order chi connectivity index (χ0) is 14.4. The molecule has 0 spiro atoms. The van der Waals surface area contributed by atoms with E-state index in [0.29, 0.717) is 6.54 Å². The lowest BCUT2D eigenvalue weighted by molar-refractivity contribution is -0.127. The van der Waals surface area contributed by atoms with Gasteiger partial charge in [0.1, 0.15) is 5.75 Å². The molecule has 1 atom stereocenters. The maximum Gasteiger partial charge on any atom is 0.261 e. The minimum atomic E-state index is -0.471. The van der Waals surface area contributed by atoms with E-state index in [1.165, 1.54) is 18.4 Å². The van der Waals surface area contributed by atoms with E-state index in [0.717, 1.165) is 24.2 Å². The number of hydrogen-bond acceptors (Lipinski definition) is 2. The minimum absolute atomic E-state index is 0.0574. The fourth-order valence-corrected chi connectivity index (χ4v) is 2.36. The first kappa shape index (κ1) is 14.6. The molecule has 0 aliphatic heterocycles. The molecule has 3 heteroatoms. The van der Waals surface area contributed by atoms with Gasteiger partial charge < -0.3 is 10.1 Å². The standard InChI is InChI=1S/C17H23NO2/c1-13-7-6-10-16(11-13)20-14(2)17(19)18-12-15-8-4-3-5-9-15/h6-8,10-11,14H,3-5,9,12H2,1-2H3,(H,18,19). The van der Waals surface area contributed by atoms with Gasteiger partial charge in [-0.05, 0) is 57.2 Å². The van der Waals surface area contributed by atoms with Crippen LogP contribution in [0.2, 0.25) is 0 Å². The second kappa shape index (κ2) is 7.13. The predicted octanol–water partition coefficient (Wildman–Crippen LogP) is 3.38. The molecule has 108 valence electrons. The van der Waals surface area contributed by atoms with Crippen molar-refractivity contribution in [1.29, 1.82) is 0 Å². The van der Waals surface area contributed by atoms with Crippen LogP contribution in [0, 0.1) is 6.92 Å². The van der Waals surface area contributed by atoms with Gasteiger partial charge in [0.25, 0.3) is 5.91 Å². The maximum absolute atomic E-state index is 12.0. The summed E-state index contributed by atoms with van der Waals surface area (Å²) < 4.78 is 5.67. The van der Waals surface area contributed by atoms with Crippen LogP contribution in [-0.2, 0) is 4.79 Å². The quantitative estimate of drug-likeness (QED) is 0.835. The van der Waals surface area contributed by atoms with Crippen molar-refractivity contribution in [2.75, 3.05) is 6.54 Å². The largest absolute Gasteiger partial charge is 0.481 e. The Labute approximate surface area is 121 Å². The van der Waals surface area contributed by atoms with Crippen LogP contribution >= 0.6 is 0 Å². The van der Waals surface area contributed by atoms with Gasteiger partial charge in [-0.15, -0.1) is 0 Å². The van der Waals surface area contributed by atoms with Crippen LogP contribution < -0.4 is 10.1 Å². The van der Waals surface area contributed by atoms with E-state index in [1.54, 1.807) is 6.92 Å². The first-order valence-corrected chi connectivity index (χ1v) is 7.34. The maximum atomic E-state index is 12.0. The third-order valence-electron chi connectivity index (χ3n) is 3.55. The van der Waals surface area contributed by atoms with Crippen LogP contribution in [0.25, 0.3) is 0 Å². The van der Waals surface area contributed by atoms with Crippen molar-refractivity contribution in [2.45, 2.75) is 45.6 Å². The average Bonchev–Trinajstić information content (AvgIpc) is 2.46. The van der Waals surface area contributed by atoms with Crippen molar-refractivity contribution >= 4 is 5.91 Å². The van der Waals surface area contributed by atoms with Gasteiger partial charge in [-0.3, -0.25) is 4.79 Å². The monoisotopic (exact) mass is 273 g/mol. The normalized spacial score (nSPS) is 16.2. The zero-order valence-corrected chi connectivity index (χ0v) is 12.3. The summed E-state index contributed by atoms with van der Waals surface area (Å²) in [6.07, 6.45) is 6.52. The Morgan fingerprint density at radius 2 is 2.25 bits per heavy atom. The highest BCUT2D eigenvalue weighted by molar-refractivity contribution is 5.80. The average molecular weight is 273 g/mol. The molecule has 0 fully saturated rings. The molecule has 0 bridgehead atoms. The van der Waals surface area contributed by atoms with Crippen LogP contribution in [0.5, 0.6) is 5.75 Å². The number of carbonyl (C=O) groups excluding carboxylic acids is 1. The molecule has 0 heterocycles. The van der Waals surface area contributed by atoms with Crippen LogP contribution in [0.4, 0.5) is 0 Å². The lowest BCUT2D eigenvalue weighted by Crippen LogP contribution is -2.37. The second-order valence-corrected chi connectivity index (χ2v) is 5.40. The highest BCUT2D eigenvalue weighted by Gasteiger charge is 2.15. The predicted molar refractivity (Wildman–Crippen MR) is 80.8 cm³/mol. The number of aryl methyl sites for hydroxylation is 1. The number of hydrogen-bond donors (Lipinski definition) is 1. The number of benzene rings is 1. The number of ether oxygens (including phenoxy) is 1. The SMILES string of the molecule is Cc1cccc(OC(C)C(=O)NCC2=CCCCC2)c1. The molecule has 0 aromatic heterocycles. The van der Waals surface area contributed by atoms with Crippen molar-refractivity contribution < 1.29 is 9.53 Å². The Hall–Kier alpha value is -1.77. The molecule has 20 heavy (non-hydrogen) atoms. The van der Waals surface area contributed by atoms with Gasteiger partial charge in [-0.1, -0.05) is 23.8 Å². The van der Waals surface area contributed by atoms with Gasteiger partial charge in [-0.25, -0.2) is 0 Å². The van der Waals surface area contributed by atoms with E-state index in [9.17, 15) is 4.79 Å². The Morgan fingerprint density at radius 3 is 2.95 bits per heavy atom. The zero-order valence-electron chi connectivity index (χ0n) is 12.3. The van der Waals surface area contributed by atoms with Crippen LogP contribution in [0.15, 0.2) is 35.9 Å².